The van der Waals surface area contributed by atoms with Gasteiger partial charge in [0, 0.05) is 44.1 Å². The van der Waals surface area contributed by atoms with Crippen LogP contribution in [0.15, 0.2) is 41.8 Å². The third-order valence-electron chi connectivity index (χ3n) is 6.42. The molecule has 2 aromatic rings. The summed E-state index contributed by atoms with van der Waals surface area (Å²) in [7, 11) is 0. The maximum absolute atomic E-state index is 13.1. The average molecular weight is 441 g/mol. The number of amides is 2. The molecular formula is C25H32N2O3S. The van der Waals surface area contributed by atoms with Crippen LogP contribution < -0.4 is 0 Å². The molecule has 1 aromatic heterocycles. The maximum atomic E-state index is 13.1. The lowest BCUT2D eigenvalue weighted by Gasteiger charge is -2.24. The highest BCUT2D eigenvalue weighted by molar-refractivity contribution is 7.13. The quantitative estimate of drug-likeness (QED) is 0.648. The van der Waals surface area contributed by atoms with Gasteiger partial charge in [0.15, 0.2) is 0 Å². The van der Waals surface area contributed by atoms with Gasteiger partial charge in [0.05, 0.1) is 12.0 Å². The van der Waals surface area contributed by atoms with Crippen LogP contribution in [0.25, 0.3) is 10.4 Å². The molecule has 2 saturated heterocycles. The molecule has 6 heteroatoms. The van der Waals surface area contributed by atoms with Crippen LogP contribution in [0, 0.1) is 5.92 Å². The van der Waals surface area contributed by atoms with Crippen molar-refractivity contribution in [3.63, 3.8) is 0 Å². The minimum atomic E-state index is -0.193. The van der Waals surface area contributed by atoms with E-state index in [1.54, 1.807) is 11.3 Å². The molecule has 0 saturated carbocycles. The monoisotopic (exact) mass is 440 g/mol. The fourth-order valence-electron chi connectivity index (χ4n) is 4.58. The zero-order valence-electron chi connectivity index (χ0n) is 18.3. The number of thiophene rings is 1. The van der Waals surface area contributed by atoms with E-state index >= 15 is 0 Å². The molecule has 0 aliphatic carbocycles. The number of benzene rings is 1. The third kappa shape index (κ3) is 5.55. The van der Waals surface area contributed by atoms with Gasteiger partial charge in [-0.15, -0.1) is 11.3 Å². The van der Waals surface area contributed by atoms with Gasteiger partial charge in [-0.25, -0.2) is 0 Å². The van der Waals surface area contributed by atoms with Crippen LogP contribution in [0.2, 0.25) is 0 Å². The van der Waals surface area contributed by atoms with E-state index in [1.165, 1.54) is 10.4 Å². The fourth-order valence-corrected chi connectivity index (χ4v) is 5.32. The van der Waals surface area contributed by atoms with Crippen LogP contribution in [-0.2, 0) is 20.7 Å². The minimum absolute atomic E-state index is 0.152. The lowest BCUT2D eigenvalue weighted by atomic mass is 9.96. The van der Waals surface area contributed by atoms with E-state index in [0.717, 1.165) is 31.4 Å². The Hall–Kier alpha value is -2.18. The molecule has 3 heterocycles. The normalized spacial score (nSPS) is 22.0. The smallest absolute Gasteiger partial charge is 0.227 e. The summed E-state index contributed by atoms with van der Waals surface area (Å²) in [4.78, 5) is 31.1. The molecular weight excluding hydrogens is 408 g/mol. The van der Waals surface area contributed by atoms with E-state index in [1.807, 2.05) is 16.7 Å². The van der Waals surface area contributed by atoms with Crippen molar-refractivity contribution in [2.24, 2.45) is 5.92 Å². The highest BCUT2D eigenvalue weighted by Crippen LogP contribution is 2.26. The van der Waals surface area contributed by atoms with Crippen molar-refractivity contribution in [2.75, 3.05) is 32.8 Å². The Morgan fingerprint density at radius 2 is 2.03 bits per heavy atom. The van der Waals surface area contributed by atoms with Crippen molar-refractivity contribution in [3.8, 4) is 10.4 Å². The van der Waals surface area contributed by atoms with Gasteiger partial charge in [-0.2, -0.15) is 0 Å². The summed E-state index contributed by atoms with van der Waals surface area (Å²) in [5.41, 5.74) is 2.34. The SMILES string of the molecule is CCN1CCN(C(=O)CC[C@@H]2CCCO2)C[C@@H](Cc2ccc(-c3cccs3)cc2)C1=O. The first kappa shape index (κ1) is 22.0. The number of nitrogens with zero attached hydrogens (tertiary/aromatic N) is 2. The summed E-state index contributed by atoms with van der Waals surface area (Å²) < 4.78 is 5.67. The molecule has 0 radical (unpaired) electrons. The van der Waals surface area contributed by atoms with E-state index in [0.29, 0.717) is 39.0 Å². The Bertz CT molecular complexity index is 859. The fraction of sp³-hybridized carbons (Fsp3) is 0.520. The molecule has 1 aromatic carbocycles. The molecule has 0 N–H and O–H groups in total. The van der Waals surface area contributed by atoms with Crippen molar-refractivity contribution in [3.05, 3.63) is 47.3 Å². The van der Waals surface area contributed by atoms with E-state index in [9.17, 15) is 9.59 Å². The third-order valence-corrected chi connectivity index (χ3v) is 7.34. The Balaban J connectivity index is 1.42. The summed E-state index contributed by atoms with van der Waals surface area (Å²) >= 11 is 1.73. The molecule has 31 heavy (non-hydrogen) atoms. The Kier molecular flexibility index (Phi) is 7.41. The molecule has 2 aliphatic heterocycles. The van der Waals surface area contributed by atoms with Gasteiger partial charge in [0.25, 0.3) is 0 Å². The van der Waals surface area contributed by atoms with Gasteiger partial charge in [0.2, 0.25) is 11.8 Å². The maximum Gasteiger partial charge on any atom is 0.227 e. The highest BCUT2D eigenvalue weighted by Gasteiger charge is 2.32. The predicted molar refractivity (Wildman–Crippen MR) is 124 cm³/mol. The van der Waals surface area contributed by atoms with E-state index in [2.05, 4.69) is 41.8 Å². The Labute approximate surface area is 189 Å². The van der Waals surface area contributed by atoms with Crippen LogP contribution in [0.1, 0.15) is 38.2 Å². The number of carbonyl (C=O) groups is 2. The molecule has 2 aliphatic rings. The number of rotatable bonds is 7. The van der Waals surface area contributed by atoms with Crippen molar-refractivity contribution >= 4 is 23.2 Å². The summed E-state index contributed by atoms with van der Waals surface area (Å²) in [5, 5.41) is 2.08. The van der Waals surface area contributed by atoms with Crippen LogP contribution in [0.5, 0.6) is 0 Å². The summed E-state index contributed by atoms with van der Waals surface area (Å²) in [6.45, 7) is 5.26. The lowest BCUT2D eigenvalue weighted by Crippen LogP contribution is -2.38. The first-order valence-corrected chi connectivity index (χ1v) is 12.3. The molecule has 2 atom stereocenters. The largest absolute Gasteiger partial charge is 0.378 e. The molecule has 2 fully saturated rings. The predicted octanol–water partition coefficient (Wildman–Crippen LogP) is 4.22. The van der Waals surface area contributed by atoms with Crippen molar-refractivity contribution in [1.29, 1.82) is 0 Å². The Morgan fingerprint density at radius 3 is 2.71 bits per heavy atom. The molecule has 0 bridgehead atoms. The van der Waals surface area contributed by atoms with Gasteiger partial charge in [-0.3, -0.25) is 9.59 Å². The zero-order chi connectivity index (χ0) is 21.6. The van der Waals surface area contributed by atoms with Gasteiger partial charge < -0.3 is 14.5 Å². The average Bonchev–Trinajstić information content (AvgIpc) is 3.48. The number of carbonyl (C=O) groups excluding carboxylic acids is 2. The minimum Gasteiger partial charge on any atom is -0.378 e. The van der Waals surface area contributed by atoms with Gasteiger partial charge in [0.1, 0.15) is 0 Å². The summed E-state index contributed by atoms with van der Waals surface area (Å²) in [6.07, 6.45) is 4.33. The highest BCUT2D eigenvalue weighted by atomic mass is 32.1. The molecule has 0 unspecified atom stereocenters. The molecule has 5 nitrogen and oxygen atoms in total. The van der Waals surface area contributed by atoms with Crippen molar-refractivity contribution in [2.45, 2.75) is 45.1 Å². The second kappa shape index (κ2) is 10.4. The topological polar surface area (TPSA) is 49.9 Å². The lowest BCUT2D eigenvalue weighted by molar-refractivity contribution is -0.135. The standard InChI is InChI=1S/C25H32N2O3S/c1-2-26-13-14-27(24(28)12-11-22-5-3-15-30-22)18-21(25(26)29)17-19-7-9-20(10-8-19)23-6-4-16-31-23/h4,6-10,16,21-22H,2-3,5,11-15,17-18H2,1H3/t21-,22+/m1/s1. The van der Waals surface area contributed by atoms with Crippen LogP contribution in [-0.4, -0.2) is 60.5 Å². The van der Waals surface area contributed by atoms with Crippen molar-refractivity contribution in [1.82, 2.24) is 9.80 Å². The van der Waals surface area contributed by atoms with Gasteiger partial charge in [-0.05, 0) is 55.2 Å². The van der Waals surface area contributed by atoms with Crippen LogP contribution >= 0.6 is 11.3 Å². The Morgan fingerprint density at radius 1 is 1.19 bits per heavy atom. The number of hydrogen-bond donors (Lipinski definition) is 0. The summed E-state index contributed by atoms with van der Waals surface area (Å²) in [6, 6.07) is 12.7. The zero-order valence-corrected chi connectivity index (χ0v) is 19.1. The van der Waals surface area contributed by atoms with Gasteiger partial charge in [-0.1, -0.05) is 30.3 Å². The molecule has 2 amide bonds. The first-order chi connectivity index (χ1) is 15.1. The van der Waals surface area contributed by atoms with Gasteiger partial charge >= 0.3 is 0 Å². The second-order valence-electron chi connectivity index (χ2n) is 8.51. The van der Waals surface area contributed by atoms with E-state index in [-0.39, 0.29) is 23.8 Å². The van der Waals surface area contributed by atoms with Crippen LogP contribution in [0.3, 0.4) is 0 Å². The number of hydrogen-bond acceptors (Lipinski definition) is 4. The molecule has 0 spiro atoms. The summed E-state index contributed by atoms with van der Waals surface area (Å²) in [5.74, 6) is 0.125. The number of likely N-dealkylation sites (N-methyl/N-ethyl adjacent to an activating group) is 1. The number of ether oxygens (including phenoxy) is 1. The van der Waals surface area contributed by atoms with E-state index < -0.39 is 0 Å². The van der Waals surface area contributed by atoms with Crippen molar-refractivity contribution < 1.29 is 14.3 Å². The molecule has 166 valence electrons. The van der Waals surface area contributed by atoms with Crippen LogP contribution in [0.4, 0.5) is 0 Å². The molecule has 4 rings (SSSR count). The first-order valence-electron chi connectivity index (χ1n) is 11.4. The van der Waals surface area contributed by atoms with E-state index in [4.69, 9.17) is 4.74 Å². The second-order valence-corrected chi connectivity index (χ2v) is 9.45.